The maximum atomic E-state index is 10.6. The number of alkyl halides is 6. The van der Waals surface area contributed by atoms with E-state index >= 15 is 0 Å². The molecule has 0 atom stereocenters. The second-order valence-corrected chi connectivity index (χ2v) is 10.1. The summed E-state index contributed by atoms with van der Waals surface area (Å²) in [4.78, 5) is 29.4. The van der Waals surface area contributed by atoms with Gasteiger partial charge in [-0.1, -0.05) is 25.1 Å². The molecule has 3 rings (SSSR count). The van der Waals surface area contributed by atoms with Gasteiger partial charge in [0.25, 0.3) is 0 Å². The number of hydrogen-bond acceptors (Lipinski definition) is 10. The lowest BCUT2D eigenvalue weighted by Crippen LogP contribution is -2.31. The Balaban J connectivity index is 0.000000629. The van der Waals surface area contributed by atoms with E-state index in [0.29, 0.717) is 57.4 Å². The van der Waals surface area contributed by atoms with E-state index in [4.69, 9.17) is 45.7 Å². The molecule has 2 heterocycles. The topological polar surface area (TPSA) is 199 Å². The Hall–Kier alpha value is -3.78. The van der Waals surface area contributed by atoms with Gasteiger partial charge in [-0.3, -0.25) is 4.90 Å². The quantitative estimate of drug-likeness (QED) is 0.132. The number of anilines is 1. The lowest BCUT2D eigenvalue weighted by molar-refractivity contribution is -0.193. The largest absolute Gasteiger partial charge is 0.490 e. The molecule has 7 N–H and O–H groups in total. The van der Waals surface area contributed by atoms with Gasteiger partial charge in [0.2, 0.25) is 0 Å². The molecule has 0 aliphatic heterocycles. The predicted octanol–water partition coefficient (Wildman–Crippen LogP) is 3.02. The van der Waals surface area contributed by atoms with Gasteiger partial charge in [0.1, 0.15) is 11.3 Å². The number of para-hydroxylation sites is 1. The molecule has 0 amide bonds. The van der Waals surface area contributed by atoms with Crippen LogP contribution < -0.4 is 11.5 Å². The number of imidazole rings is 1. The molecule has 0 bridgehead atoms. The van der Waals surface area contributed by atoms with Crippen LogP contribution in [0.2, 0.25) is 0 Å². The van der Waals surface area contributed by atoms with Crippen molar-refractivity contribution in [2.24, 2.45) is 5.73 Å². The summed E-state index contributed by atoms with van der Waals surface area (Å²) in [5.41, 5.74) is 13.2. The molecule has 0 aliphatic rings. The number of aromatic nitrogens is 3. The molecular weight excluding hydrogens is 634 g/mol. The van der Waals surface area contributed by atoms with Gasteiger partial charge in [0.15, 0.2) is 5.82 Å². The first-order chi connectivity index (χ1) is 21.2. The Kier molecular flexibility index (Phi) is 15.6. The maximum absolute atomic E-state index is 10.6. The normalized spacial score (nSPS) is 12.1. The number of carbonyl (C=O) groups is 2. The first-order valence-electron chi connectivity index (χ1n) is 13.7. The summed E-state index contributed by atoms with van der Waals surface area (Å²) in [6.45, 7) is 11.1. The number of fused-ring (bicyclic) bond motifs is 3. The molecular formula is C27H38F6N6O7. The molecule has 0 fully saturated rings. The van der Waals surface area contributed by atoms with E-state index in [-0.39, 0.29) is 0 Å². The minimum absolute atomic E-state index is 0.401. The zero-order valence-corrected chi connectivity index (χ0v) is 25.4. The van der Waals surface area contributed by atoms with Crippen LogP contribution in [0.1, 0.15) is 26.6 Å². The van der Waals surface area contributed by atoms with E-state index < -0.39 is 29.9 Å². The number of nitrogens with zero attached hydrogens (tertiary/aromatic N) is 4. The molecule has 260 valence electrons. The van der Waals surface area contributed by atoms with Crippen LogP contribution in [-0.4, -0.2) is 111 Å². The van der Waals surface area contributed by atoms with E-state index in [1.54, 1.807) is 13.8 Å². The third-order valence-electron chi connectivity index (χ3n) is 5.72. The van der Waals surface area contributed by atoms with E-state index in [2.05, 4.69) is 21.4 Å². The van der Waals surface area contributed by atoms with Crippen LogP contribution in [0.25, 0.3) is 21.9 Å². The molecule has 0 unspecified atom stereocenters. The number of pyridine rings is 1. The van der Waals surface area contributed by atoms with Crippen molar-refractivity contribution in [3.8, 4) is 0 Å². The van der Waals surface area contributed by atoms with Crippen LogP contribution in [0.5, 0.6) is 0 Å². The number of carboxylic acids is 2. The van der Waals surface area contributed by atoms with Crippen molar-refractivity contribution in [2.45, 2.75) is 51.8 Å². The Bertz CT molecular complexity index is 1390. The molecule has 0 aliphatic carbocycles. The van der Waals surface area contributed by atoms with Gasteiger partial charge in [0.05, 0.1) is 56.2 Å². The molecule has 46 heavy (non-hydrogen) atoms. The Morgan fingerprint density at radius 1 is 0.935 bits per heavy atom. The van der Waals surface area contributed by atoms with Crippen molar-refractivity contribution < 1.29 is 60.7 Å². The van der Waals surface area contributed by atoms with Crippen molar-refractivity contribution in [2.75, 3.05) is 51.8 Å². The van der Waals surface area contributed by atoms with Gasteiger partial charge in [-0.2, -0.15) is 26.3 Å². The van der Waals surface area contributed by atoms with E-state index in [1.165, 1.54) is 0 Å². The van der Waals surface area contributed by atoms with Crippen LogP contribution in [0.3, 0.4) is 0 Å². The predicted molar refractivity (Wildman–Crippen MR) is 155 cm³/mol. The van der Waals surface area contributed by atoms with Crippen molar-refractivity contribution in [1.29, 1.82) is 0 Å². The SMILES string of the molecule is CCN(CCOCCOCCN)Cc1nc2c(N)nc3ccccc3c2n1CC(C)(C)O.O=C(O)C(F)(F)F.O=C(O)C(F)(F)F. The Morgan fingerprint density at radius 2 is 1.46 bits per heavy atom. The van der Waals surface area contributed by atoms with Crippen molar-refractivity contribution >= 4 is 39.7 Å². The average molecular weight is 673 g/mol. The first kappa shape index (κ1) is 40.2. The third kappa shape index (κ3) is 13.7. The number of rotatable bonds is 13. The highest BCUT2D eigenvalue weighted by Gasteiger charge is 2.38. The second-order valence-electron chi connectivity index (χ2n) is 10.1. The fourth-order valence-electron chi connectivity index (χ4n) is 3.73. The van der Waals surface area contributed by atoms with Crippen LogP contribution in [0.15, 0.2) is 24.3 Å². The standard InChI is InChI=1S/C23H36N6O3.2C2HF3O2/c1-4-28(10-12-32-14-13-31-11-9-24)15-19-27-20-21(29(19)16-23(2,3)30)17-7-5-6-8-18(17)26-22(20)25;2*3-2(4,5)1(6)7/h5-8,30H,4,9-16,24H2,1-3H3,(H2,25,26);2*(H,6,7). The van der Waals surface area contributed by atoms with E-state index in [0.717, 1.165) is 35.3 Å². The highest BCUT2D eigenvalue weighted by Crippen LogP contribution is 2.30. The van der Waals surface area contributed by atoms with E-state index in [1.807, 2.05) is 24.3 Å². The third-order valence-corrected chi connectivity index (χ3v) is 5.72. The van der Waals surface area contributed by atoms with Gasteiger partial charge in [0, 0.05) is 18.5 Å². The zero-order chi connectivity index (χ0) is 35.3. The number of nitrogen functional groups attached to an aromatic ring is 1. The molecule has 3 aromatic rings. The minimum atomic E-state index is -5.08. The van der Waals surface area contributed by atoms with Crippen LogP contribution in [0, 0.1) is 0 Å². The lowest BCUT2D eigenvalue weighted by Gasteiger charge is -2.24. The van der Waals surface area contributed by atoms with Gasteiger partial charge < -0.3 is 40.8 Å². The number of hydrogen-bond donors (Lipinski definition) is 5. The number of carboxylic acid groups (broad SMARTS) is 2. The summed E-state index contributed by atoms with van der Waals surface area (Å²) in [6.07, 6.45) is -10.2. The molecule has 19 heteroatoms. The summed E-state index contributed by atoms with van der Waals surface area (Å²) >= 11 is 0. The fourth-order valence-corrected chi connectivity index (χ4v) is 3.73. The molecule has 0 spiro atoms. The van der Waals surface area contributed by atoms with Gasteiger partial charge in [-0.05, 0) is 26.5 Å². The fraction of sp³-hybridized carbons (Fsp3) is 0.556. The monoisotopic (exact) mass is 672 g/mol. The first-order valence-corrected chi connectivity index (χ1v) is 13.7. The van der Waals surface area contributed by atoms with Gasteiger partial charge >= 0.3 is 24.3 Å². The number of nitrogens with two attached hydrogens (primary N) is 2. The number of aliphatic carboxylic acids is 2. The highest BCUT2D eigenvalue weighted by atomic mass is 19.4. The van der Waals surface area contributed by atoms with Crippen molar-refractivity contribution in [3.05, 3.63) is 30.1 Å². The highest BCUT2D eigenvalue weighted by molar-refractivity contribution is 6.06. The number of aliphatic hydroxyl groups is 1. The number of ether oxygens (including phenoxy) is 2. The lowest BCUT2D eigenvalue weighted by atomic mass is 10.1. The molecule has 1 aromatic carbocycles. The van der Waals surface area contributed by atoms with Crippen LogP contribution in [0.4, 0.5) is 32.2 Å². The maximum Gasteiger partial charge on any atom is 0.490 e. The Labute approximate surface area is 259 Å². The smallest absolute Gasteiger partial charge is 0.475 e. The zero-order valence-electron chi connectivity index (χ0n) is 25.4. The number of halogens is 6. The van der Waals surface area contributed by atoms with Gasteiger partial charge in [-0.15, -0.1) is 0 Å². The molecule has 2 aromatic heterocycles. The van der Waals surface area contributed by atoms with Crippen molar-refractivity contribution in [3.63, 3.8) is 0 Å². The molecule has 0 radical (unpaired) electrons. The summed E-state index contributed by atoms with van der Waals surface area (Å²) in [5.74, 6) is -4.27. The summed E-state index contributed by atoms with van der Waals surface area (Å²) in [5, 5.41) is 25.8. The van der Waals surface area contributed by atoms with Crippen LogP contribution >= 0.6 is 0 Å². The van der Waals surface area contributed by atoms with Crippen molar-refractivity contribution in [1.82, 2.24) is 19.4 Å². The summed E-state index contributed by atoms with van der Waals surface area (Å²) in [6, 6.07) is 7.89. The van der Waals surface area contributed by atoms with Crippen LogP contribution in [-0.2, 0) is 32.2 Å². The Morgan fingerprint density at radius 3 is 1.93 bits per heavy atom. The molecule has 13 nitrogen and oxygen atoms in total. The second kappa shape index (κ2) is 17.8. The number of benzene rings is 1. The molecule has 0 saturated carbocycles. The minimum Gasteiger partial charge on any atom is -0.475 e. The summed E-state index contributed by atoms with van der Waals surface area (Å²) in [7, 11) is 0. The number of likely N-dealkylation sites (N-methyl/N-ethyl adjacent to an activating group) is 1. The molecule has 0 saturated heterocycles. The summed E-state index contributed by atoms with van der Waals surface area (Å²) < 4.78 is 76.6. The van der Waals surface area contributed by atoms with Gasteiger partial charge in [-0.25, -0.2) is 19.6 Å². The van der Waals surface area contributed by atoms with E-state index in [9.17, 15) is 31.4 Å². The average Bonchev–Trinajstić information content (AvgIpc) is 3.28.